The third-order valence-electron chi connectivity index (χ3n) is 3.30. The number of ether oxygens (including phenoxy) is 1. The minimum Gasteiger partial charge on any atom is -0.489 e. The molecule has 1 atom stereocenters. The van der Waals surface area contributed by atoms with Gasteiger partial charge in [0.05, 0.1) is 11.6 Å². The van der Waals surface area contributed by atoms with E-state index < -0.39 is 0 Å². The Hall–Kier alpha value is -2.38. The Labute approximate surface area is 123 Å². The summed E-state index contributed by atoms with van der Waals surface area (Å²) < 4.78 is 18.9. The van der Waals surface area contributed by atoms with Crippen molar-refractivity contribution in [3.8, 4) is 11.8 Å². The Morgan fingerprint density at radius 3 is 2.67 bits per heavy atom. The lowest BCUT2D eigenvalue weighted by Gasteiger charge is -2.13. The second-order valence-electron chi connectivity index (χ2n) is 5.02. The van der Waals surface area contributed by atoms with Crippen LogP contribution in [-0.2, 0) is 6.61 Å². The maximum absolute atomic E-state index is 13.3. The summed E-state index contributed by atoms with van der Waals surface area (Å²) in [5.41, 5.74) is 8.78. The number of hydrogen-bond acceptors (Lipinski definition) is 3. The van der Waals surface area contributed by atoms with Gasteiger partial charge >= 0.3 is 0 Å². The molecule has 21 heavy (non-hydrogen) atoms. The molecule has 2 aromatic carbocycles. The minimum absolute atomic E-state index is 0.0360. The number of halogens is 1. The fraction of sp³-hybridized carbons (Fsp3) is 0.235. The van der Waals surface area contributed by atoms with E-state index in [0.29, 0.717) is 16.9 Å². The monoisotopic (exact) mass is 284 g/mol. The van der Waals surface area contributed by atoms with E-state index in [1.165, 1.54) is 18.2 Å². The van der Waals surface area contributed by atoms with Crippen molar-refractivity contribution in [2.24, 2.45) is 5.73 Å². The molecule has 1 unspecified atom stereocenters. The molecule has 0 saturated carbocycles. The van der Waals surface area contributed by atoms with Gasteiger partial charge in [0.25, 0.3) is 0 Å². The van der Waals surface area contributed by atoms with Crippen molar-refractivity contribution in [1.29, 1.82) is 5.26 Å². The lowest BCUT2D eigenvalue weighted by molar-refractivity contribution is 0.303. The Kier molecular flexibility index (Phi) is 4.56. The van der Waals surface area contributed by atoms with Gasteiger partial charge in [-0.15, -0.1) is 0 Å². The molecular weight excluding hydrogens is 267 g/mol. The Morgan fingerprint density at radius 1 is 1.29 bits per heavy atom. The smallest absolute Gasteiger partial charge is 0.123 e. The molecule has 4 heteroatoms. The van der Waals surface area contributed by atoms with Gasteiger partial charge in [-0.1, -0.05) is 12.1 Å². The average Bonchev–Trinajstić information content (AvgIpc) is 2.46. The van der Waals surface area contributed by atoms with Gasteiger partial charge in [0.15, 0.2) is 0 Å². The van der Waals surface area contributed by atoms with Crippen LogP contribution in [0.2, 0.25) is 0 Å². The molecule has 0 spiro atoms. The summed E-state index contributed by atoms with van der Waals surface area (Å²) in [6, 6.07) is 11.8. The summed E-state index contributed by atoms with van der Waals surface area (Å²) in [6.45, 7) is 4.00. The van der Waals surface area contributed by atoms with E-state index in [-0.39, 0.29) is 18.5 Å². The van der Waals surface area contributed by atoms with Crippen molar-refractivity contribution < 1.29 is 9.13 Å². The van der Waals surface area contributed by atoms with Crippen LogP contribution in [-0.4, -0.2) is 0 Å². The number of nitrogens with two attached hydrogens (primary N) is 1. The van der Waals surface area contributed by atoms with Crippen molar-refractivity contribution in [3.63, 3.8) is 0 Å². The molecule has 0 radical (unpaired) electrons. The van der Waals surface area contributed by atoms with Gasteiger partial charge < -0.3 is 10.5 Å². The summed E-state index contributed by atoms with van der Waals surface area (Å²) >= 11 is 0. The summed E-state index contributed by atoms with van der Waals surface area (Å²) in [5.74, 6) is 0.323. The van der Waals surface area contributed by atoms with Crippen LogP contribution in [0.5, 0.6) is 5.75 Å². The second kappa shape index (κ2) is 6.38. The van der Waals surface area contributed by atoms with E-state index in [2.05, 4.69) is 0 Å². The Balaban J connectivity index is 2.17. The molecule has 0 fully saturated rings. The van der Waals surface area contributed by atoms with E-state index in [0.717, 1.165) is 11.1 Å². The quantitative estimate of drug-likeness (QED) is 0.933. The molecule has 2 rings (SSSR count). The highest BCUT2D eigenvalue weighted by molar-refractivity contribution is 5.40. The number of benzene rings is 2. The first-order chi connectivity index (χ1) is 10.0. The Morgan fingerprint density at radius 2 is 2.05 bits per heavy atom. The molecule has 0 aromatic heterocycles. The standard InChI is InChI=1S/C17H17FN2O/c1-11-7-13(12(2)20)4-6-17(11)21-10-15-8-16(18)5-3-14(15)9-19/h3-8,12H,10,20H2,1-2H3. The summed E-state index contributed by atoms with van der Waals surface area (Å²) in [7, 11) is 0. The van der Waals surface area contributed by atoms with E-state index in [1.54, 1.807) is 0 Å². The third kappa shape index (κ3) is 3.59. The normalized spacial score (nSPS) is 11.8. The molecule has 0 bridgehead atoms. The fourth-order valence-electron chi connectivity index (χ4n) is 2.06. The largest absolute Gasteiger partial charge is 0.489 e. The van der Waals surface area contributed by atoms with Gasteiger partial charge in [0.1, 0.15) is 18.2 Å². The van der Waals surface area contributed by atoms with E-state index in [9.17, 15) is 4.39 Å². The zero-order chi connectivity index (χ0) is 15.4. The van der Waals surface area contributed by atoms with Crippen molar-refractivity contribution in [1.82, 2.24) is 0 Å². The molecule has 0 aliphatic rings. The first-order valence-corrected chi connectivity index (χ1v) is 6.68. The van der Waals surface area contributed by atoms with E-state index in [4.69, 9.17) is 15.7 Å². The zero-order valence-electron chi connectivity index (χ0n) is 12.1. The maximum atomic E-state index is 13.3. The molecule has 2 N–H and O–H groups in total. The molecule has 108 valence electrons. The van der Waals surface area contributed by atoms with Gasteiger partial charge in [-0.25, -0.2) is 4.39 Å². The van der Waals surface area contributed by atoms with Crippen LogP contribution in [0, 0.1) is 24.1 Å². The van der Waals surface area contributed by atoms with Crippen molar-refractivity contribution in [2.75, 3.05) is 0 Å². The molecule has 0 amide bonds. The predicted octanol–water partition coefficient (Wildman–Crippen LogP) is 3.60. The van der Waals surface area contributed by atoms with Gasteiger partial charge in [-0.05, 0) is 49.2 Å². The number of aryl methyl sites for hydroxylation is 1. The van der Waals surface area contributed by atoms with E-state index >= 15 is 0 Å². The van der Waals surface area contributed by atoms with Crippen LogP contribution in [0.25, 0.3) is 0 Å². The minimum atomic E-state index is -0.378. The number of nitrogens with zero attached hydrogens (tertiary/aromatic N) is 1. The SMILES string of the molecule is Cc1cc(C(C)N)ccc1OCc1cc(F)ccc1C#N. The summed E-state index contributed by atoms with van der Waals surface area (Å²) in [6.07, 6.45) is 0. The third-order valence-corrected chi connectivity index (χ3v) is 3.30. The average molecular weight is 284 g/mol. The predicted molar refractivity (Wildman–Crippen MR) is 79.2 cm³/mol. The van der Waals surface area contributed by atoms with Crippen LogP contribution in [0.1, 0.15) is 35.2 Å². The van der Waals surface area contributed by atoms with Crippen LogP contribution in [0.15, 0.2) is 36.4 Å². The van der Waals surface area contributed by atoms with Gasteiger partial charge in [0.2, 0.25) is 0 Å². The first-order valence-electron chi connectivity index (χ1n) is 6.68. The number of hydrogen-bond donors (Lipinski definition) is 1. The summed E-state index contributed by atoms with van der Waals surface area (Å²) in [4.78, 5) is 0. The van der Waals surface area contributed by atoms with Crippen molar-refractivity contribution in [2.45, 2.75) is 26.5 Å². The first kappa shape index (κ1) is 15.0. The molecule has 3 nitrogen and oxygen atoms in total. The number of nitriles is 1. The second-order valence-corrected chi connectivity index (χ2v) is 5.02. The summed E-state index contributed by atoms with van der Waals surface area (Å²) in [5, 5.41) is 9.02. The lowest BCUT2D eigenvalue weighted by Crippen LogP contribution is -2.06. The van der Waals surface area contributed by atoms with Crippen molar-refractivity contribution >= 4 is 0 Å². The Bertz CT molecular complexity index is 690. The van der Waals surface area contributed by atoms with Gasteiger partial charge in [-0.2, -0.15) is 5.26 Å². The van der Waals surface area contributed by atoms with Gasteiger partial charge in [0, 0.05) is 11.6 Å². The fourth-order valence-corrected chi connectivity index (χ4v) is 2.06. The molecule has 2 aromatic rings. The van der Waals surface area contributed by atoms with Crippen LogP contribution in [0.3, 0.4) is 0 Å². The van der Waals surface area contributed by atoms with Crippen LogP contribution < -0.4 is 10.5 Å². The molecule has 0 aliphatic carbocycles. The van der Waals surface area contributed by atoms with E-state index in [1.807, 2.05) is 38.1 Å². The maximum Gasteiger partial charge on any atom is 0.123 e. The lowest BCUT2D eigenvalue weighted by atomic mass is 10.1. The molecule has 0 heterocycles. The molecule has 0 aliphatic heterocycles. The van der Waals surface area contributed by atoms with Crippen molar-refractivity contribution in [3.05, 3.63) is 64.5 Å². The van der Waals surface area contributed by atoms with Gasteiger partial charge in [-0.3, -0.25) is 0 Å². The topological polar surface area (TPSA) is 59.0 Å². The number of rotatable bonds is 4. The van der Waals surface area contributed by atoms with Crippen LogP contribution >= 0.6 is 0 Å². The highest BCUT2D eigenvalue weighted by Crippen LogP contribution is 2.23. The highest BCUT2D eigenvalue weighted by Gasteiger charge is 2.08. The highest BCUT2D eigenvalue weighted by atomic mass is 19.1. The zero-order valence-corrected chi connectivity index (χ0v) is 12.1. The van der Waals surface area contributed by atoms with Crippen LogP contribution in [0.4, 0.5) is 4.39 Å². The molecular formula is C17H17FN2O. The molecule has 0 saturated heterocycles.